The van der Waals surface area contributed by atoms with Gasteiger partial charge in [0.25, 0.3) is 0 Å². The molecule has 0 fully saturated rings. The Labute approximate surface area is 274 Å². The van der Waals surface area contributed by atoms with Crippen molar-refractivity contribution in [2.75, 3.05) is 56.9 Å². The predicted molar refractivity (Wildman–Crippen MR) is 180 cm³/mol. The number of ether oxygens (including phenoxy) is 8. The van der Waals surface area contributed by atoms with Crippen molar-refractivity contribution in [1.82, 2.24) is 0 Å². The van der Waals surface area contributed by atoms with Crippen molar-refractivity contribution in [1.29, 1.82) is 0 Å². The molecule has 4 aromatic heterocycles. The van der Waals surface area contributed by atoms with Crippen molar-refractivity contribution >= 4 is 135 Å². The zero-order valence-corrected chi connectivity index (χ0v) is 31.8. The normalized spacial score (nSPS) is 12.5. The summed E-state index contributed by atoms with van der Waals surface area (Å²) in [5.41, 5.74) is 0. The molecule has 0 amide bonds. The van der Waals surface area contributed by atoms with Gasteiger partial charge in [0.1, 0.15) is 0 Å². The summed E-state index contributed by atoms with van der Waals surface area (Å²) in [6.07, 6.45) is 0. The van der Waals surface area contributed by atoms with Crippen molar-refractivity contribution in [3.8, 4) is 46.0 Å². The molecule has 0 aliphatic rings. The summed E-state index contributed by atoms with van der Waals surface area (Å²) >= 11 is -0.520. The minimum absolute atomic E-state index is 0.130. The molecule has 0 atom stereocenters. The van der Waals surface area contributed by atoms with Crippen LogP contribution in [0.15, 0.2) is 0 Å². The van der Waals surface area contributed by atoms with E-state index < -0.39 is 0 Å². The van der Waals surface area contributed by atoms with E-state index in [0.29, 0.717) is 0 Å². The molecule has 0 bridgehead atoms. The number of hydrogen-bond donors (Lipinski definition) is 0. The number of rotatable bonds is 8. The molecule has 0 N–H and O–H groups in total. The van der Waals surface area contributed by atoms with Crippen molar-refractivity contribution in [3.63, 3.8) is 0 Å². The van der Waals surface area contributed by atoms with Crippen LogP contribution in [0.25, 0.3) is 77.2 Å². The molecule has 0 aliphatic carbocycles. The van der Waals surface area contributed by atoms with Crippen LogP contribution in [-0.2, 0) is 0 Å². The molecule has 44 heavy (non-hydrogen) atoms. The van der Waals surface area contributed by atoms with E-state index in [2.05, 4.69) is 0 Å². The molecule has 4 heterocycles. The van der Waals surface area contributed by atoms with Crippen LogP contribution < -0.4 is 37.9 Å². The van der Waals surface area contributed by atoms with Gasteiger partial charge in [0.15, 0.2) is 0 Å². The molecule has 0 radical (unpaired) electrons. The summed E-state index contributed by atoms with van der Waals surface area (Å²) in [7, 11) is 14.0. The Bertz CT molecular complexity index is 2030. The molecule has 0 spiro atoms. The number of hydrogen-bond acceptors (Lipinski definition) is 8. The van der Waals surface area contributed by atoms with Gasteiger partial charge >= 0.3 is 276 Å². The van der Waals surface area contributed by atoms with Gasteiger partial charge in [0.05, 0.1) is 0 Å². The standard InChI is InChI=1S/C32H24O8Se4/c1-33-17-18(34-2)26-10-9-11-13-15-16-14-12(10)28(42-26)21(37-5)22(38-6)30(14)44-32(16)24(40-8)23(39-7)31(15)43-29(13)20(36-4)19(35-3)27(11)41-25(9)17/h1-8H3. The van der Waals surface area contributed by atoms with Crippen LogP contribution in [0, 0.1) is 0 Å². The molecule has 12 heteroatoms. The SMILES string of the molecule is COc1c(OC)c2[se]c3c(OC)c(OC)c4[se]c5c(OC)c(OC)c6[se]c7c(OC)c(OC)c8[se]c1c1c8c7c6c5c4c3c21. The van der Waals surface area contributed by atoms with Crippen LogP contribution in [-0.4, -0.2) is 115 Å². The second-order valence-corrected chi connectivity index (χ2v) is 18.9. The zero-order valence-electron chi connectivity index (χ0n) is 24.9. The Morgan fingerprint density at radius 1 is 0.227 bits per heavy atom. The molecule has 9 rings (SSSR count). The van der Waals surface area contributed by atoms with Gasteiger partial charge in [-0.05, 0) is 0 Å². The van der Waals surface area contributed by atoms with E-state index in [1.165, 1.54) is 77.2 Å². The third-order valence-corrected chi connectivity index (χ3v) is 18.7. The van der Waals surface area contributed by atoms with Gasteiger partial charge in [-0.1, -0.05) is 0 Å². The van der Waals surface area contributed by atoms with Crippen LogP contribution in [0.1, 0.15) is 0 Å². The van der Waals surface area contributed by atoms with Gasteiger partial charge in [-0.25, -0.2) is 0 Å². The van der Waals surface area contributed by atoms with E-state index in [-0.39, 0.29) is 58.0 Å². The van der Waals surface area contributed by atoms with E-state index in [1.807, 2.05) is 0 Å². The Morgan fingerprint density at radius 2 is 0.341 bits per heavy atom. The molecule has 0 aliphatic heterocycles. The summed E-state index contributed by atoms with van der Waals surface area (Å²) in [5, 5.41) is 9.93. The summed E-state index contributed by atoms with van der Waals surface area (Å²) in [6.45, 7) is 0. The third-order valence-electron chi connectivity index (χ3n) is 8.74. The summed E-state index contributed by atoms with van der Waals surface area (Å²) in [6, 6.07) is 0. The van der Waals surface area contributed by atoms with Crippen LogP contribution in [0.2, 0.25) is 0 Å². The summed E-state index contributed by atoms with van der Waals surface area (Å²) in [5.74, 6) is 6.49. The van der Waals surface area contributed by atoms with Gasteiger partial charge < -0.3 is 0 Å². The molecule has 5 aromatic carbocycles. The van der Waals surface area contributed by atoms with Crippen molar-refractivity contribution < 1.29 is 37.9 Å². The molecule has 8 nitrogen and oxygen atoms in total. The van der Waals surface area contributed by atoms with Crippen LogP contribution in [0.5, 0.6) is 46.0 Å². The number of methoxy groups -OCH3 is 8. The van der Waals surface area contributed by atoms with Crippen molar-refractivity contribution in [2.24, 2.45) is 0 Å². The Balaban J connectivity index is 1.81. The van der Waals surface area contributed by atoms with Gasteiger partial charge in [0, 0.05) is 0 Å². The van der Waals surface area contributed by atoms with Gasteiger partial charge in [-0.3, -0.25) is 0 Å². The molecular weight excluding hydrogens is 828 g/mol. The first kappa shape index (κ1) is 27.7. The third kappa shape index (κ3) is 2.90. The first-order valence-electron chi connectivity index (χ1n) is 13.5. The fourth-order valence-corrected chi connectivity index (χ4v) is 18.6. The van der Waals surface area contributed by atoms with Crippen LogP contribution >= 0.6 is 0 Å². The average Bonchev–Trinajstić information content (AvgIpc) is 3.80. The second-order valence-electron chi connectivity index (χ2n) is 10.3. The molecule has 0 saturated carbocycles. The Morgan fingerprint density at radius 3 is 0.432 bits per heavy atom. The Hall–Kier alpha value is -2.64. The predicted octanol–water partition coefficient (Wildman–Crippen LogP) is 5.52. The van der Waals surface area contributed by atoms with Crippen molar-refractivity contribution in [3.05, 3.63) is 0 Å². The first-order valence-corrected chi connectivity index (χ1v) is 20.4. The van der Waals surface area contributed by atoms with Crippen LogP contribution in [0.3, 0.4) is 0 Å². The van der Waals surface area contributed by atoms with E-state index in [9.17, 15) is 0 Å². The number of benzene rings is 4. The zero-order chi connectivity index (χ0) is 30.3. The fourth-order valence-electron chi connectivity index (χ4n) is 7.22. The average molecular weight is 852 g/mol. The topological polar surface area (TPSA) is 73.8 Å². The Kier molecular flexibility index (Phi) is 5.94. The fraction of sp³-hybridized carbons (Fsp3) is 0.250. The van der Waals surface area contributed by atoms with Crippen molar-refractivity contribution in [2.45, 2.75) is 0 Å². The maximum atomic E-state index is 6.21. The summed E-state index contributed by atoms with van der Waals surface area (Å²) < 4.78 is 59.1. The van der Waals surface area contributed by atoms with Gasteiger partial charge in [-0.2, -0.15) is 0 Å². The van der Waals surface area contributed by atoms with E-state index >= 15 is 0 Å². The first-order chi connectivity index (χ1) is 21.5. The second kappa shape index (κ2) is 9.44. The quantitative estimate of drug-likeness (QED) is 0.185. The molecule has 9 aromatic rings. The maximum absolute atomic E-state index is 6.21. The van der Waals surface area contributed by atoms with Gasteiger partial charge in [0.2, 0.25) is 0 Å². The molecule has 0 saturated heterocycles. The van der Waals surface area contributed by atoms with E-state index in [4.69, 9.17) is 37.9 Å². The minimum atomic E-state index is -0.130. The molecule has 224 valence electrons. The summed E-state index contributed by atoms with van der Waals surface area (Å²) in [4.78, 5) is 0. The van der Waals surface area contributed by atoms with E-state index in [0.717, 1.165) is 46.0 Å². The van der Waals surface area contributed by atoms with E-state index in [1.54, 1.807) is 56.9 Å². The monoisotopic (exact) mass is 856 g/mol. The van der Waals surface area contributed by atoms with Gasteiger partial charge in [-0.15, -0.1) is 0 Å². The molecule has 0 unspecified atom stereocenters. The molecular formula is C32H24O8Se4. The van der Waals surface area contributed by atoms with Crippen LogP contribution in [0.4, 0.5) is 0 Å².